The first-order valence-electron chi connectivity index (χ1n) is 7.18. The monoisotopic (exact) mass is 295 g/mol. The molecule has 1 aromatic rings. The largest absolute Gasteiger partial charge is 0.493 e. The number of thioether (sulfide) groups is 1. The molecule has 1 N–H and O–H groups in total. The van der Waals surface area contributed by atoms with Gasteiger partial charge < -0.3 is 14.8 Å². The number of rotatable bonds is 6. The van der Waals surface area contributed by atoms with Gasteiger partial charge in [0.15, 0.2) is 11.5 Å². The molecule has 3 atom stereocenters. The van der Waals surface area contributed by atoms with E-state index >= 15 is 0 Å². The van der Waals surface area contributed by atoms with E-state index in [4.69, 9.17) is 9.47 Å². The Balaban J connectivity index is 2.00. The van der Waals surface area contributed by atoms with Crippen LogP contribution >= 0.6 is 11.8 Å². The van der Waals surface area contributed by atoms with Crippen molar-refractivity contribution in [3.8, 4) is 11.5 Å². The summed E-state index contributed by atoms with van der Waals surface area (Å²) in [6.45, 7) is 2.22. The van der Waals surface area contributed by atoms with Crippen LogP contribution in [-0.4, -0.2) is 31.8 Å². The van der Waals surface area contributed by atoms with Gasteiger partial charge in [-0.2, -0.15) is 11.8 Å². The fraction of sp³-hybridized carbons (Fsp3) is 0.625. The number of nitrogens with one attached hydrogen (secondary N) is 1. The molecule has 1 fully saturated rings. The number of benzene rings is 1. The van der Waals surface area contributed by atoms with Crippen LogP contribution < -0.4 is 14.8 Å². The van der Waals surface area contributed by atoms with Gasteiger partial charge in [0, 0.05) is 17.3 Å². The van der Waals surface area contributed by atoms with Crippen LogP contribution in [0, 0.1) is 0 Å². The summed E-state index contributed by atoms with van der Waals surface area (Å²) >= 11 is 1.99. The quantitative estimate of drug-likeness (QED) is 0.868. The molecular formula is C16H25NO2S. The minimum absolute atomic E-state index is 0.334. The van der Waals surface area contributed by atoms with Gasteiger partial charge in [0.1, 0.15) is 0 Å². The third-order valence-corrected chi connectivity index (χ3v) is 5.21. The maximum absolute atomic E-state index is 5.38. The van der Waals surface area contributed by atoms with Gasteiger partial charge in [0.05, 0.1) is 14.2 Å². The van der Waals surface area contributed by atoms with Crippen molar-refractivity contribution in [1.82, 2.24) is 5.32 Å². The zero-order valence-electron chi connectivity index (χ0n) is 12.8. The lowest BCUT2D eigenvalue weighted by molar-refractivity contribution is 0.353. The summed E-state index contributed by atoms with van der Waals surface area (Å²) in [5.74, 6) is 1.58. The third-order valence-electron chi connectivity index (χ3n) is 4.11. The summed E-state index contributed by atoms with van der Waals surface area (Å²) in [5, 5.41) is 4.56. The topological polar surface area (TPSA) is 30.5 Å². The molecule has 0 radical (unpaired) electrons. The van der Waals surface area contributed by atoms with Crippen LogP contribution in [0.25, 0.3) is 0 Å². The molecule has 3 nitrogen and oxygen atoms in total. The van der Waals surface area contributed by atoms with E-state index in [0.29, 0.717) is 12.1 Å². The van der Waals surface area contributed by atoms with E-state index in [1.165, 1.54) is 24.8 Å². The van der Waals surface area contributed by atoms with Crippen molar-refractivity contribution in [2.24, 2.45) is 0 Å². The Kier molecular flexibility index (Phi) is 5.61. The van der Waals surface area contributed by atoms with E-state index in [1.54, 1.807) is 14.2 Å². The van der Waals surface area contributed by atoms with Crippen LogP contribution in [0.5, 0.6) is 11.5 Å². The normalized spacial score (nSPS) is 23.6. The summed E-state index contributed by atoms with van der Waals surface area (Å²) in [5.41, 5.74) is 1.25. The van der Waals surface area contributed by atoms with Gasteiger partial charge in [-0.05, 0) is 50.1 Å². The van der Waals surface area contributed by atoms with Gasteiger partial charge >= 0.3 is 0 Å². The lowest BCUT2D eigenvalue weighted by Gasteiger charge is -2.21. The standard InChI is InChI=1S/C16H25NO2S/c1-11(17-13-6-7-14(10-13)20-4)12-5-8-15(18-2)16(9-12)19-3/h5,8-9,11,13-14,17H,6-7,10H2,1-4H3. The third kappa shape index (κ3) is 3.61. The first-order chi connectivity index (χ1) is 9.67. The minimum atomic E-state index is 0.334. The summed E-state index contributed by atoms with van der Waals surface area (Å²) < 4.78 is 10.7. The first-order valence-corrected chi connectivity index (χ1v) is 8.47. The van der Waals surface area contributed by atoms with E-state index in [9.17, 15) is 0 Å². The summed E-state index contributed by atoms with van der Waals surface area (Å²) in [7, 11) is 3.35. The molecule has 0 heterocycles. The van der Waals surface area contributed by atoms with Gasteiger partial charge in [0.2, 0.25) is 0 Å². The maximum atomic E-state index is 5.38. The van der Waals surface area contributed by atoms with Crippen LogP contribution in [0.3, 0.4) is 0 Å². The first kappa shape index (κ1) is 15.5. The number of hydrogen-bond donors (Lipinski definition) is 1. The number of hydrogen-bond acceptors (Lipinski definition) is 4. The molecule has 1 aliphatic rings. The van der Waals surface area contributed by atoms with Crippen molar-refractivity contribution in [3.63, 3.8) is 0 Å². The maximum Gasteiger partial charge on any atom is 0.161 e. The molecule has 20 heavy (non-hydrogen) atoms. The number of methoxy groups -OCH3 is 2. The molecule has 1 saturated carbocycles. The second-order valence-electron chi connectivity index (χ2n) is 5.37. The van der Waals surface area contributed by atoms with Crippen LogP contribution in [-0.2, 0) is 0 Å². The fourth-order valence-electron chi connectivity index (χ4n) is 2.88. The van der Waals surface area contributed by atoms with E-state index in [1.807, 2.05) is 17.8 Å². The van der Waals surface area contributed by atoms with Crippen molar-refractivity contribution < 1.29 is 9.47 Å². The fourth-order valence-corrected chi connectivity index (χ4v) is 3.67. The van der Waals surface area contributed by atoms with E-state index < -0.39 is 0 Å². The minimum Gasteiger partial charge on any atom is -0.493 e. The highest BCUT2D eigenvalue weighted by atomic mass is 32.2. The summed E-state index contributed by atoms with van der Waals surface area (Å²) in [6.07, 6.45) is 6.10. The highest BCUT2D eigenvalue weighted by Gasteiger charge is 2.25. The van der Waals surface area contributed by atoms with Crippen molar-refractivity contribution in [2.75, 3.05) is 20.5 Å². The molecule has 0 spiro atoms. The molecule has 0 saturated heterocycles. The molecule has 1 aliphatic carbocycles. The summed E-state index contributed by atoms with van der Waals surface area (Å²) in [6, 6.07) is 7.12. The van der Waals surface area contributed by atoms with E-state index in [2.05, 4.69) is 30.6 Å². The van der Waals surface area contributed by atoms with Gasteiger partial charge in [-0.15, -0.1) is 0 Å². The van der Waals surface area contributed by atoms with Crippen LogP contribution in [0.4, 0.5) is 0 Å². The SMILES string of the molecule is COc1ccc(C(C)NC2CCC(SC)C2)cc1OC. The average molecular weight is 295 g/mol. The molecule has 0 aromatic heterocycles. The van der Waals surface area contributed by atoms with Crippen molar-refractivity contribution in [2.45, 2.75) is 43.5 Å². The van der Waals surface area contributed by atoms with Crippen LogP contribution in [0.15, 0.2) is 18.2 Å². The van der Waals surface area contributed by atoms with Crippen LogP contribution in [0.1, 0.15) is 37.8 Å². The Morgan fingerprint density at radius 3 is 2.55 bits per heavy atom. The van der Waals surface area contributed by atoms with Gasteiger partial charge in [-0.3, -0.25) is 0 Å². The molecule has 2 rings (SSSR count). The second-order valence-corrected chi connectivity index (χ2v) is 6.51. The second kappa shape index (κ2) is 7.23. The molecule has 3 unspecified atom stereocenters. The zero-order chi connectivity index (χ0) is 14.5. The Hall–Kier alpha value is -0.870. The van der Waals surface area contributed by atoms with E-state index in [0.717, 1.165) is 16.7 Å². The Morgan fingerprint density at radius 2 is 1.95 bits per heavy atom. The smallest absolute Gasteiger partial charge is 0.161 e. The Labute approximate surface area is 126 Å². The number of ether oxygens (including phenoxy) is 2. The molecule has 112 valence electrons. The van der Waals surface area contributed by atoms with Crippen molar-refractivity contribution in [3.05, 3.63) is 23.8 Å². The lowest BCUT2D eigenvalue weighted by Crippen LogP contribution is -2.29. The van der Waals surface area contributed by atoms with Gasteiger partial charge in [0.25, 0.3) is 0 Å². The summed E-state index contributed by atoms with van der Waals surface area (Å²) in [4.78, 5) is 0. The van der Waals surface area contributed by atoms with Gasteiger partial charge in [-0.1, -0.05) is 6.07 Å². The predicted octanol–water partition coefficient (Wildman–Crippen LogP) is 3.64. The van der Waals surface area contributed by atoms with Crippen molar-refractivity contribution in [1.29, 1.82) is 0 Å². The van der Waals surface area contributed by atoms with Crippen LogP contribution in [0.2, 0.25) is 0 Å². The Morgan fingerprint density at radius 1 is 1.20 bits per heavy atom. The molecule has 0 amide bonds. The highest BCUT2D eigenvalue weighted by molar-refractivity contribution is 7.99. The highest BCUT2D eigenvalue weighted by Crippen LogP contribution is 2.32. The molecule has 1 aromatic carbocycles. The van der Waals surface area contributed by atoms with E-state index in [-0.39, 0.29) is 0 Å². The van der Waals surface area contributed by atoms with Gasteiger partial charge in [-0.25, -0.2) is 0 Å². The average Bonchev–Trinajstić information content (AvgIpc) is 2.94. The lowest BCUT2D eigenvalue weighted by atomic mass is 10.1. The molecule has 0 bridgehead atoms. The predicted molar refractivity (Wildman–Crippen MR) is 86.0 cm³/mol. The molecule has 0 aliphatic heterocycles. The van der Waals surface area contributed by atoms with Crippen molar-refractivity contribution >= 4 is 11.8 Å². The molecular weight excluding hydrogens is 270 g/mol. The zero-order valence-corrected chi connectivity index (χ0v) is 13.6. The Bertz CT molecular complexity index is 438. The molecule has 4 heteroatoms.